The minimum absolute atomic E-state index is 0.0359. The third-order valence-electron chi connectivity index (χ3n) is 2.39. The Morgan fingerprint density at radius 3 is 2.19 bits per heavy atom. The van der Waals surface area contributed by atoms with Gasteiger partial charge in [-0.3, -0.25) is 4.79 Å². The highest BCUT2D eigenvalue weighted by molar-refractivity contribution is 6.02. The Balaban J connectivity index is 2.31. The predicted molar refractivity (Wildman–Crippen MR) is 57.7 cm³/mol. The standard InChI is InChI=1S/C11H5F6N3O/c12-4-3-5(13)8(15)9(7(4)14)18-10(21)6-1-2-20(19-6)11(16)17/h1-3,11H,(H,18,21). The number of nitrogens with zero attached hydrogens (tertiary/aromatic N) is 2. The third kappa shape index (κ3) is 2.83. The van der Waals surface area contributed by atoms with E-state index in [-0.39, 0.29) is 10.7 Å². The number of hydrogen-bond acceptors (Lipinski definition) is 2. The van der Waals surface area contributed by atoms with Crippen LogP contribution in [0.5, 0.6) is 0 Å². The van der Waals surface area contributed by atoms with Crippen LogP contribution < -0.4 is 5.32 Å². The SMILES string of the molecule is O=C(Nc1c(F)c(F)cc(F)c1F)c1ccn(C(F)F)n1. The molecule has 1 amide bonds. The highest BCUT2D eigenvalue weighted by atomic mass is 19.3. The molecule has 0 bridgehead atoms. The van der Waals surface area contributed by atoms with Crippen molar-refractivity contribution in [1.29, 1.82) is 0 Å². The zero-order valence-electron chi connectivity index (χ0n) is 9.88. The average molecular weight is 309 g/mol. The summed E-state index contributed by atoms with van der Waals surface area (Å²) in [4.78, 5) is 11.6. The lowest BCUT2D eigenvalue weighted by molar-refractivity contribution is 0.0561. The first-order valence-corrected chi connectivity index (χ1v) is 5.29. The molecule has 0 fully saturated rings. The summed E-state index contributed by atoms with van der Waals surface area (Å²) in [7, 11) is 0. The molecule has 0 unspecified atom stereocenters. The smallest absolute Gasteiger partial charge is 0.315 e. The van der Waals surface area contributed by atoms with Crippen molar-refractivity contribution in [1.82, 2.24) is 9.78 Å². The Morgan fingerprint density at radius 1 is 1.14 bits per heavy atom. The van der Waals surface area contributed by atoms with Crippen molar-refractivity contribution in [3.8, 4) is 0 Å². The van der Waals surface area contributed by atoms with Gasteiger partial charge in [0.15, 0.2) is 29.0 Å². The second kappa shape index (κ2) is 5.46. The van der Waals surface area contributed by atoms with Crippen LogP contribution in [-0.4, -0.2) is 15.7 Å². The maximum atomic E-state index is 13.3. The molecule has 112 valence electrons. The van der Waals surface area contributed by atoms with Crippen molar-refractivity contribution in [3.63, 3.8) is 0 Å². The van der Waals surface area contributed by atoms with Gasteiger partial charge < -0.3 is 5.32 Å². The number of aromatic nitrogens is 2. The number of carbonyl (C=O) groups is 1. The van der Waals surface area contributed by atoms with Crippen molar-refractivity contribution in [3.05, 3.63) is 47.3 Å². The summed E-state index contributed by atoms with van der Waals surface area (Å²) in [5.41, 5.74) is -1.98. The number of nitrogens with one attached hydrogen (secondary N) is 1. The molecule has 1 N–H and O–H groups in total. The topological polar surface area (TPSA) is 46.9 Å². The van der Waals surface area contributed by atoms with E-state index < -0.39 is 47.1 Å². The number of hydrogen-bond donors (Lipinski definition) is 1. The third-order valence-corrected chi connectivity index (χ3v) is 2.39. The molecule has 0 spiro atoms. The van der Waals surface area contributed by atoms with Gasteiger partial charge in [-0.25, -0.2) is 22.2 Å². The molecular formula is C11H5F6N3O. The molecule has 0 aliphatic rings. The number of rotatable bonds is 3. The van der Waals surface area contributed by atoms with Gasteiger partial charge in [0.25, 0.3) is 5.91 Å². The molecule has 10 heteroatoms. The van der Waals surface area contributed by atoms with Gasteiger partial charge in [0.1, 0.15) is 5.69 Å². The van der Waals surface area contributed by atoms with Crippen LogP contribution in [0.25, 0.3) is 0 Å². The van der Waals surface area contributed by atoms with E-state index in [1.807, 2.05) is 0 Å². The van der Waals surface area contributed by atoms with Crippen LogP contribution in [-0.2, 0) is 0 Å². The summed E-state index contributed by atoms with van der Waals surface area (Å²) in [6, 6.07) is 0.804. The molecule has 0 radical (unpaired) electrons. The van der Waals surface area contributed by atoms with Crippen LogP contribution in [0.2, 0.25) is 0 Å². The van der Waals surface area contributed by atoms with Gasteiger partial charge in [-0.05, 0) is 6.07 Å². The van der Waals surface area contributed by atoms with Crippen LogP contribution in [0, 0.1) is 23.3 Å². The molecule has 0 aliphatic heterocycles. The Kier molecular flexibility index (Phi) is 3.87. The van der Waals surface area contributed by atoms with Crippen LogP contribution in [0.1, 0.15) is 17.0 Å². The summed E-state index contributed by atoms with van der Waals surface area (Å²) >= 11 is 0. The normalized spacial score (nSPS) is 11.0. The quantitative estimate of drug-likeness (QED) is 0.699. The molecule has 0 atom stereocenters. The minimum atomic E-state index is -3.02. The van der Waals surface area contributed by atoms with Crippen LogP contribution in [0.4, 0.5) is 32.0 Å². The summed E-state index contributed by atoms with van der Waals surface area (Å²) in [5.74, 6) is -8.40. The van der Waals surface area contributed by atoms with Crippen LogP contribution in [0.15, 0.2) is 18.3 Å². The Bertz CT molecular complexity index is 673. The van der Waals surface area contributed by atoms with E-state index >= 15 is 0 Å². The Hall–Kier alpha value is -2.52. The van der Waals surface area contributed by atoms with E-state index in [1.165, 1.54) is 5.32 Å². The van der Waals surface area contributed by atoms with Gasteiger partial charge in [0.2, 0.25) is 0 Å². The van der Waals surface area contributed by atoms with E-state index in [9.17, 15) is 31.1 Å². The predicted octanol–water partition coefficient (Wildman–Crippen LogP) is 3.09. The highest BCUT2D eigenvalue weighted by Crippen LogP contribution is 2.24. The van der Waals surface area contributed by atoms with Gasteiger partial charge in [0, 0.05) is 12.3 Å². The van der Waals surface area contributed by atoms with Crippen molar-refractivity contribution < 1.29 is 31.1 Å². The molecule has 4 nitrogen and oxygen atoms in total. The van der Waals surface area contributed by atoms with Gasteiger partial charge in [-0.1, -0.05) is 0 Å². The van der Waals surface area contributed by atoms with E-state index in [2.05, 4.69) is 5.10 Å². The van der Waals surface area contributed by atoms with Gasteiger partial charge >= 0.3 is 6.55 Å². The first kappa shape index (κ1) is 14.9. The van der Waals surface area contributed by atoms with E-state index in [1.54, 1.807) is 0 Å². The lowest BCUT2D eigenvalue weighted by Gasteiger charge is -2.07. The van der Waals surface area contributed by atoms with Crippen LogP contribution >= 0.6 is 0 Å². The van der Waals surface area contributed by atoms with Gasteiger partial charge in [0.05, 0.1) is 0 Å². The maximum Gasteiger partial charge on any atom is 0.333 e. The second-order valence-corrected chi connectivity index (χ2v) is 3.76. The number of amides is 1. The number of carbonyl (C=O) groups excluding carboxylic acids is 1. The van der Waals surface area contributed by atoms with E-state index in [0.29, 0.717) is 0 Å². The first-order chi connectivity index (χ1) is 9.81. The molecule has 2 rings (SSSR count). The second-order valence-electron chi connectivity index (χ2n) is 3.76. The fourth-order valence-corrected chi connectivity index (χ4v) is 1.43. The molecule has 0 saturated carbocycles. The van der Waals surface area contributed by atoms with Gasteiger partial charge in [-0.2, -0.15) is 13.9 Å². The highest BCUT2D eigenvalue weighted by Gasteiger charge is 2.22. The van der Waals surface area contributed by atoms with E-state index in [0.717, 1.165) is 12.3 Å². The molecule has 0 aliphatic carbocycles. The Morgan fingerprint density at radius 2 is 1.71 bits per heavy atom. The molecule has 21 heavy (non-hydrogen) atoms. The molecule has 1 aromatic heterocycles. The van der Waals surface area contributed by atoms with Crippen molar-refractivity contribution >= 4 is 11.6 Å². The lowest BCUT2D eigenvalue weighted by atomic mass is 10.2. The first-order valence-electron chi connectivity index (χ1n) is 5.29. The molecule has 0 saturated heterocycles. The van der Waals surface area contributed by atoms with Gasteiger partial charge in [-0.15, -0.1) is 0 Å². The summed E-state index contributed by atoms with van der Waals surface area (Å²) < 4.78 is 77.1. The van der Waals surface area contributed by atoms with Crippen LogP contribution in [0.3, 0.4) is 0 Å². The molecule has 2 aromatic rings. The maximum absolute atomic E-state index is 13.3. The zero-order chi connectivity index (χ0) is 15.7. The summed E-state index contributed by atoms with van der Waals surface area (Å²) in [6.07, 6.45) is 0.748. The fourth-order valence-electron chi connectivity index (χ4n) is 1.43. The largest absolute Gasteiger partial charge is 0.333 e. The van der Waals surface area contributed by atoms with Crippen molar-refractivity contribution in [2.24, 2.45) is 0 Å². The van der Waals surface area contributed by atoms with E-state index in [4.69, 9.17) is 0 Å². The average Bonchev–Trinajstić information content (AvgIpc) is 2.91. The number of alkyl halides is 2. The molecular weight excluding hydrogens is 304 g/mol. The summed E-state index contributed by atoms with van der Waals surface area (Å²) in [5, 5.41) is 4.67. The number of anilines is 1. The summed E-state index contributed by atoms with van der Waals surface area (Å²) in [6.45, 7) is -3.02. The molecule has 1 aromatic carbocycles. The zero-order valence-corrected chi connectivity index (χ0v) is 9.88. The van der Waals surface area contributed by atoms with Crippen molar-refractivity contribution in [2.75, 3.05) is 5.32 Å². The molecule has 1 heterocycles. The minimum Gasteiger partial charge on any atom is -0.315 e. The van der Waals surface area contributed by atoms with Crippen molar-refractivity contribution in [2.45, 2.75) is 6.55 Å². The Labute approximate surface area is 113 Å². The fraction of sp³-hybridized carbons (Fsp3) is 0.0909. The number of halogens is 6. The monoisotopic (exact) mass is 309 g/mol. The number of benzene rings is 1. The lowest BCUT2D eigenvalue weighted by Crippen LogP contribution is -2.17.